The standard InChI is InChI=1S/C18H21N3O4/c1-3-13-7-4-5-8-14(13)20-16(22)12-21(2)17(23)11-19-18(24)15-9-6-10-25-15/h4-10H,3,11-12H2,1-2H3,(H,19,24)(H,20,22). The Bertz CT molecular complexity index is 741. The number of rotatable bonds is 7. The van der Waals surface area contributed by atoms with Crippen molar-refractivity contribution in [3.8, 4) is 0 Å². The van der Waals surface area contributed by atoms with Gasteiger partial charge >= 0.3 is 0 Å². The van der Waals surface area contributed by atoms with Crippen molar-refractivity contribution in [2.24, 2.45) is 0 Å². The lowest BCUT2D eigenvalue weighted by atomic mass is 10.1. The number of hydrogen-bond donors (Lipinski definition) is 2. The molecule has 0 saturated heterocycles. The second-order valence-corrected chi connectivity index (χ2v) is 5.47. The van der Waals surface area contributed by atoms with E-state index in [1.165, 1.54) is 24.3 Å². The van der Waals surface area contributed by atoms with Crippen LogP contribution in [0.1, 0.15) is 23.0 Å². The first-order valence-corrected chi connectivity index (χ1v) is 7.94. The van der Waals surface area contributed by atoms with Gasteiger partial charge in [0.1, 0.15) is 0 Å². The van der Waals surface area contributed by atoms with Crippen molar-refractivity contribution in [1.82, 2.24) is 10.2 Å². The molecule has 2 aromatic rings. The molecular weight excluding hydrogens is 322 g/mol. The number of nitrogens with one attached hydrogen (secondary N) is 2. The monoisotopic (exact) mass is 343 g/mol. The van der Waals surface area contributed by atoms with Gasteiger partial charge in [-0.3, -0.25) is 14.4 Å². The van der Waals surface area contributed by atoms with Gasteiger partial charge in [0.25, 0.3) is 5.91 Å². The van der Waals surface area contributed by atoms with Gasteiger partial charge in [-0.05, 0) is 30.2 Å². The zero-order chi connectivity index (χ0) is 18.2. The van der Waals surface area contributed by atoms with Gasteiger partial charge < -0.3 is 20.0 Å². The Balaban J connectivity index is 1.81. The topological polar surface area (TPSA) is 91.7 Å². The number of hydrogen-bond acceptors (Lipinski definition) is 4. The largest absolute Gasteiger partial charge is 0.459 e. The molecule has 0 aliphatic rings. The number of amides is 3. The SMILES string of the molecule is CCc1ccccc1NC(=O)CN(C)C(=O)CNC(=O)c1ccco1. The summed E-state index contributed by atoms with van der Waals surface area (Å²) in [4.78, 5) is 37.1. The van der Waals surface area contributed by atoms with Crippen LogP contribution in [0.3, 0.4) is 0 Å². The molecule has 0 atom stereocenters. The first kappa shape index (κ1) is 18.3. The maximum absolute atomic E-state index is 12.1. The van der Waals surface area contributed by atoms with Crippen molar-refractivity contribution in [2.45, 2.75) is 13.3 Å². The van der Waals surface area contributed by atoms with E-state index in [0.29, 0.717) is 0 Å². The molecular formula is C18H21N3O4. The fourth-order valence-corrected chi connectivity index (χ4v) is 2.23. The smallest absolute Gasteiger partial charge is 0.287 e. The third-order valence-corrected chi connectivity index (χ3v) is 3.62. The number of furan rings is 1. The third-order valence-electron chi connectivity index (χ3n) is 3.62. The Labute approximate surface area is 146 Å². The predicted octanol–water partition coefficient (Wildman–Crippen LogP) is 1.67. The van der Waals surface area contributed by atoms with Gasteiger partial charge in [0.15, 0.2) is 5.76 Å². The Morgan fingerprint density at radius 1 is 1.12 bits per heavy atom. The van der Waals surface area contributed by atoms with Crippen LogP contribution >= 0.6 is 0 Å². The van der Waals surface area contributed by atoms with Gasteiger partial charge in [0.2, 0.25) is 11.8 Å². The van der Waals surface area contributed by atoms with E-state index in [1.807, 2.05) is 31.2 Å². The fraction of sp³-hybridized carbons (Fsp3) is 0.278. The molecule has 2 rings (SSSR count). The fourth-order valence-electron chi connectivity index (χ4n) is 2.23. The number of para-hydroxylation sites is 1. The Hall–Kier alpha value is -3.09. The van der Waals surface area contributed by atoms with Crippen molar-refractivity contribution in [3.05, 3.63) is 54.0 Å². The first-order chi connectivity index (χ1) is 12.0. The second-order valence-electron chi connectivity index (χ2n) is 5.47. The highest BCUT2D eigenvalue weighted by Gasteiger charge is 2.16. The summed E-state index contributed by atoms with van der Waals surface area (Å²) >= 11 is 0. The summed E-state index contributed by atoms with van der Waals surface area (Å²) in [6, 6.07) is 10.6. The molecule has 0 aliphatic carbocycles. The molecule has 0 aliphatic heterocycles. The molecule has 2 N–H and O–H groups in total. The van der Waals surface area contributed by atoms with Crippen molar-refractivity contribution in [2.75, 3.05) is 25.5 Å². The molecule has 3 amide bonds. The highest BCUT2D eigenvalue weighted by Crippen LogP contribution is 2.15. The van der Waals surface area contributed by atoms with Crippen LogP contribution in [0.5, 0.6) is 0 Å². The number of nitrogens with zero attached hydrogens (tertiary/aromatic N) is 1. The van der Waals surface area contributed by atoms with Crippen LogP contribution in [0.25, 0.3) is 0 Å². The van der Waals surface area contributed by atoms with Gasteiger partial charge in [-0.15, -0.1) is 0 Å². The van der Waals surface area contributed by atoms with E-state index >= 15 is 0 Å². The van der Waals surface area contributed by atoms with Crippen LogP contribution in [-0.4, -0.2) is 42.8 Å². The van der Waals surface area contributed by atoms with Crippen LogP contribution < -0.4 is 10.6 Å². The Morgan fingerprint density at radius 3 is 2.56 bits per heavy atom. The lowest BCUT2D eigenvalue weighted by molar-refractivity contribution is -0.132. The van der Waals surface area contributed by atoms with E-state index in [0.717, 1.165) is 17.7 Å². The second kappa shape index (κ2) is 8.68. The van der Waals surface area contributed by atoms with Crippen molar-refractivity contribution in [3.63, 3.8) is 0 Å². The molecule has 0 bridgehead atoms. The number of likely N-dealkylation sites (N-methyl/N-ethyl adjacent to an activating group) is 1. The van der Waals surface area contributed by atoms with Gasteiger partial charge in [-0.1, -0.05) is 25.1 Å². The van der Waals surface area contributed by atoms with Crippen molar-refractivity contribution < 1.29 is 18.8 Å². The number of carbonyl (C=O) groups is 3. The molecule has 0 fully saturated rings. The summed E-state index contributed by atoms with van der Waals surface area (Å²) in [5.74, 6) is -1.02. The Morgan fingerprint density at radius 2 is 1.88 bits per heavy atom. The average molecular weight is 343 g/mol. The maximum atomic E-state index is 12.1. The van der Waals surface area contributed by atoms with E-state index in [9.17, 15) is 14.4 Å². The summed E-state index contributed by atoms with van der Waals surface area (Å²) in [5, 5.41) is 5.25. The molecule has 0 radical (unpaired) electrons. The first-order valence-electron chi connectivity index (χ1n) is 7.94. The van der Waals surface area contributed by atoms with Crippen LogP contribution in [0.15, 0.2) is 47.1 Å². The lowest BCUT2D eigenvalue weighted by Gasteiger charge is -2.17. The van der Waals surface area contributed by atoms with Crippen LogP contribution in [0.2, 0.25) is 0 Å². The summed E-state index contributed by atoms with van der Waals surface area (Å²) < 4.78 is 4.94. The molecule has 7 nitrogen and oxygen atoms in total. The van der Waals surface area contributed by atoms with E-state index in [2.05, 4.69) is 10.6 Å². The van der Waals surface area contributed by atoms with Gasteiger partial charge in [-0.2, -0.15) is 0 Å². The molecule has 1 aromatic carbocycles. The average Bonchev–Trinajstić information content (AvgIpc) is 3.14. The quantitative estimate of drug-likeness (QED) is 0.800. The van der Waals surface area contributed by atoms with Crippen LogP contribution in [0.4, 0.5) is 5.69 Å². The highest BCUT2D eigenvalue weighted by atomic mass is 16.3. The van der Waals surface area contributed by atoms with Crippen LogP contribution in [0, 0.1) is 0 Å². The molecule has 1 aromatic heterocycles. The number of benzene rings is 1. The van der Waals surface area contributed by atoms with Crippen molar-refractivity contribution in [1.29, 1.82) is 0 Å². The highest BCUT2D eigenvalue weighted by molar-refractivity contribution is 5.97. The van der Waals surface area contributed by atoms with Crippen LogP contribution in [-0.2, 0) is 16.0 Å². The normalized spacial score (nSPS) is 10.2. The number of carbonyl (C=O) groups excluding carboxylic acids is 3. The van der Waals surface area contributed by atoms with Crippen molar-refractivity contribution >= 4 is 23.4 Å². The predicted molar refractivity (Wildman–Crippen MR) is 93.1 cm³/mol. The zero-order valence-corrected chi connectivity index (χ0v) is 14.2. The van der Waals surface area contributed by atoms with Gasteiger partial charge in [0, 0.05) is 12.7 Å². The minimum absolute atomic E-state index is 0.104. The molecule has 0 unspecified atom stereocenters. The summed E-state index contributed by atoms with van der Waals surface area (Å²) in [6.45, 7) is 1.69. The van der Waals surface area contributed by atoms with Gasteiger partial charge in [-0.25, -0.2) is 0 Å². The number of aryl methyl sites for hydroxylation is 1. The van der Waals surface area contributed by atoms with E-state index in [4.69, 9.17) is 4.42 Å². The third kappa shape index (κ3) is 5.20. The summed E-state index contributed by atoms with van der Waals surface area (Å²) in [5.41, 5.74) is 1.76. The molecule has 7 heteroatoms. The molecule has 25 heavy (non-hydrogen) atoms. The maximum Gasteiger partial charge on any atom is 0.287 e. The van der Waals surface area contributed by atoms with E-state index < -0.39 is 5.91 Å². The minimum atomic E-state index is -0.479. The van der Waals surface area contributed by atoms with Gasteiger partial charge in [0.05, 0.1) is 19.4 Å². The summed E-state index contributed by atoms with van der Waals surface area (Å²) in [6.07, 6.45) is 2.17. The molecule has 0 spiro atoms. The molecule has 0 saturated carbocycles. The van der Waals surface area contributed by atoms with E-state index in [1.54, 1.807) is 6.07 Å². The lowest BCUT2D eigenvalue weighted by Crippen LogP contribution is -2.41. The number of anilines is 1. The molecule has 1 heterocycles. The minimum Gasteiger partial charge on any atom is -0.459 e. The molecule has 132 valence electrons. The van der Waals surface area contributed by atoms with E-state index in [-0.39, 0.29) is 30.7 Å². The Kier molecular flexibility index (Phi) is 6.33. The zero-order valence-electron chi connectivity index (χ0n) is 14.2. The summed E-state index contributed by atoms with van der Waals surface area (Å²) in [7, 11) is 1.51.